The molecule has 0 radical (unpaired) electrons. The van der Waals surface area contributed by atoms with E-state index in [0.717, 1.165) is 17.4 Å². The van der Waals surface area contributed by atoms with Gasteiger partial charge in [-0.25, -0.2) is 8.42 Å². The quantitative estimate of drug-likeness (QED) is 0.581. The number of pyridine rings is 1. The van der Waals surface area contributed by atoms with E-state index in [1.54, 1.807) is 30.6 Å². The van der Waals surface area contributed by atoms with Crippen molar-refractivity contribution >= 4 is 21.6 Å². The van der Waals surface area contributed by atoms with Crippen LogP contribution in [-0.4, -0.2) is 55.6 Å². The Balaban J connectivity index is 1.45. The maximum atomic E-state index is 12.5. The fraction of sp³-hybridized carbons (Fsp3) is 0.429. The highest BCUT2D eigenvalue weighted by atomic mass is 32.2. The molecule has 0 saturated carbocycles. The molecule has 166 valence electrons. The molecule has 3 N–H and O–H groups in total. The van der Waals surface area contributed by atoms with Crippen LogP contribution in [0.4, 0.5) is 5.69 Å². The van der Waals surface area contributed by atoms with Crippen LogP contribution in [0.25, 0.3) is 0 Å². The van der Waals surface area contributed by atoms with Crippen molar-refractivity contribution in [1.82, 2.24) is 10.3 Å². The minimum atomic E-state index is -3.41. The third-order valence-electron chi connectivity index (χ3n) is 5.45. The highest BCUT2D eigenvalue weighted by Gasteiger charge is 2.46. The zero-order valence-corrected chi connectivity index (χ0v) is 17.8. The van der Waals surface area contributed by atoms with Crippen molar-refractivity contribution in [3.63, 3.8) is 0 Å². The molecule has 1 saturated heterocycles. The summed E-state index contributed by atoms with van der Waals surface area (Å²) < 4.78 is 37.6. The molecule has 1 aromatic heterocycles. The van der Waals surface area contributed by atoms with E-state index in [4.69, 9.17) is 9.47 Å². The summed E-state index contributed by atoms with van der Waals surface area (Å²) in [5.74, 6) is 0.377. The smallest absolute Gasteiger partial charge is 0.229 e. The fourth-order valence-electron chi connectivity index (χ4n) is 4.15. The van der Waals surface area contributed by atoms with Crippen LogP contribution in [0.2, 0.25) is 0 Å². The summed E-state index contributed by atoms with van der Waals surface area (Å²) in [7, 11) is -3.41. The number of nitrogens with one attached hydrogen (secondary N) is 2. The zero-order chi connectivity index (χ0) is 22.0. The van der Waals surface area contributed by atoms with E-state index < -0.39 is 22.2 Å². The topological polar surface area (TPSA) is 127 Å². The van der Waals surface area contributed by atoms with Crippen LogP contribution in [0.5, 0.6) is 5.75 Å². The molecule has 31 heavy (non-hydrogen) atoms. The van der Waals surface area contributed by atoms with E-state index in [1.165, 1.54) is 0 Å². The number of rotatable bonds is 7. The molecule has 2 aromatic rings. The van der Waals surface area contributed by atoms with Gasteiger partial charge in [0.15, 0.2) is 0 Å². The Kier molecular flexibility index (Phi) is 6.12. The van der Waals surface area contributed by atoms with Crippen LogP contribution in [0, 0.1) is 0 Å². The molecular weight excluding hydrogens is 422 g/mol. The van der Waals surface area contributed by atoms with E-state index in [9.17, 15) is 18.3 Å². The Hall–Kier alpha value is -2.69. The van der Waals surface area contributed by atoms with Crippen molar-refractivity contribution in [2.24, 2.45) is 0 Å². The number of anilines is 1. The second-order valence-corrected chi connectivity index (χ2v) is 9.62. The van der Waals surface area contributed by atoms with Crippen LogP contribution in [-0.2, 0) is 26.1 Å². The predicted octanol–water partition coefficient (Wildman–Crippen LogP) is 1.15. The third-order valence-corrected chi connectivity index (χ3v) is 6.06. The molecule has 0 bridgehead atoms. The van der Waals surface area contributed by atoms with Gasteiger partial charge in [-0.2, -0.15) is 0 Å². The molecule has 3 heterocycles. The first-order valence-electron chi connectivity index (χ1n) is 10.0. The molecule has 0 aliphatic carbocycles. The van der Waals surface area contributed by atoms with E-state index >= 15 is 0 Å². The van der Waals surface area contributed by atoms with Crippen molar-refractivity contribution in [2.45, 2.75) is 43.6 Å². The van der Waals surface area contributed by atoms with Gasteiger partial charge < -0.3 is 19.9 Å². The van der Waals surface area contributed by atoms with Crippen LogP contribution >= 0.6 is 0 Å². The van der Waals surface area contributed by atoms with Crippen molar-refractivity contribution in [3.05, 3.63) is 53.9 Å². The lowest BCUT2D eigenvalue weighted by Crippen LogP contribution is -2.47. The summed E-state index contributed by atoms with van der Waals surface area (Å²) in [6.07, 6.45) is 3.76. The average Bonchev–Trinajstić information content (AvgIpc) is 3.09. The first-order chi connectivity index (χ1) is 14.8. The lowest BCUT2D eigenvalue weighted by molar-refractivity contribution is -0.142. The van der Waals surface area contributed by atoms with Gasteiger partial charge in [0.1, 0.15) is 18.0 Å². The highest BCUT2D eigenvalue weighted by molar-refractivity contribution is 7.92. The number of nitrogens with zero attached hydrogens (tertiary/aromatic N) is 1. The minimum absolute atomic E-state index is 0.111. The lowest BCUT2D eigenvalue weighted by atomic mass is 9.84. The second kappa shape index (κ2) is 8.81. The van der Waals surface area contributed by atoms with Crippen molar-refractivity contribution in [3.8, 4) is 5.75 Å². The lowest BCUT2D eigenvalue weighted by Gasteiger charge is -2.37. The summed E-state index contributed by atoms with van der Waals surface area (Å²) in [6.45, 7) is 0.161. The number of carbonyl (C=O) groups is 1. The number of benzene rings is 1. The molecule has 9 nitrogen and oxygen atoms in total. The number of amides is 1. The molecule has 2 aliphatic rings. The SMILES string of the molecule is CS(=O)(=O)Nc1ccc2c(c1)[C@@H]1C[C@H](CC(=O)NCc3ccncc3)O[C@@H](CO)[C@@H]1O2. The second-order valence-electron chi connectivity index (χ2n) is 7.87. The highest BCUT2D eigenvalue weighted by Crippen LogP contribution is 2.47. The largest absolute Gasteiger partial charge is 0.487 e. The summed E-state index contributed by atoms with van der Waals surface area (Å²) in [6, 6.07) is 8.76. The molecule has 0 spiro atoms. The Morgan fingerprint density at radius 1 is 1.26 bits per heavy atom. The number of ether oxygens (including phenoxy) is 2. The maximum absolute atomic E-state index is 12.5. The molecule has 4 atom stereocenters. The Morgan fingerprint density at radius 2 is 2.03 bits per heavy atom. The van der Waals surface area contributed by atoms with Crippen molar-refractivity contribution < 1.29 is 27.8 Å². The molecule has 1 aromatic carbocycles. The van der Waals surface area contributed by atoms with Crippen LogP contribution < -0.4 is 14.8 Å². The zero-order valence-electron chi connectivity index (χ0n) is 17.0. The fourth-order valence-corrected chi connectivity index (χ4v) is 4.70. The standard InChI is InChI=1S/C21H25N3O6S/c1-31(27,28)24-14-2-3-18-16(8-14)17-9-15(29-19(12-25)21(17)30-18)10-20(26)23-11-13-4-6-22-7-5-13/h2-8,15,17,19,21,24-25H,9-12H2,1H3,(H,23,26)/t15-,17+,19+,21-/m1/s1. The normalized spacial score (nSPS) is 24.6. The Labute approximate surface area is 180 Å². The van der Waals surface area contributed by atoms with Crippen LogP contribution in [0.1, 0.15) is 29.9 Å². The molecule has 10 heteroatoms. The molecular formula is C21H25N3O6S. The molecule has 4 rings (SSSR count). The van der Waals surface area contributed by atoms with Gasteiger partial charge in [-0.15, -0.1) is 0 Å². The minimum Gasteiger partial charge on any atom is -0.487 e. The van der Waals surface area contributed by atoms with Crippen LogP contribution in [0.3, 0.4) is 0 Å². The summed E-state index contributed by atoms with van der Waals surface area (Å²) in [5.41, 5.74) is 2.25. The molecule has 2 aliphatic heterocycles. The molecule has 1 fully saturated rings. The summed E-state index contributed by atoms with van der Waals surface area (Å²) in [4.78, 5) is 16.4. The van der Waals surface area contributed by atoms with Gasteiger partial charge in [0.2, 0.25) is 15.9 Å². The van der Waals surface area contributed by atoms with E-state index in [1.807, 2.05) is 12.1 Å². The molecule has 0 unspecified atom stereocenters. The number of carbonyl (C=O) groups excluding carboxylic acids is 1. The van der Waals surface area contributed by atoms with Gasteiger partial charge in [-0.1, -0.05) is 0 Å². The maximum Gasteiger partial charge on any atom is 0.229 e. The van der Waals surface area contributed by atoms with Gasteiger partial charge in [-0.3, -0.25) is 14.5 Å². The first kappa shape index (κ1) is 21.5. The van der Waals surface area contributed by atoms with Gasteiger partial charge in [-0.05, 0) is 42.3 Å². The summed E-state index contributed by atoms with van der Waals surface area (Å²) in [5, 5.41) is 12.7. The van der Waals surface area contributed by atoms with Gasteiger partial charge in [0.05, 0.1) is 25.4 Å². The number of hydrogen-bond acceptors (Lipinski definition) is 7. The van der Waals surface area contributed by atoms with E-state index in [2.05, 4.69) is 15.0 Å². The van der Waals surface area contributed by atoms with Gasteiger partial charge >= 0.3 is 0 Å². The number of hydrogen-bond donors (Lipinski definition) is 3. The average molecular weight is 448 g/mol. The number of aliphatic hydroxyl groups excluding tert-OH is 1. The predicted molar refractivity (Wildman–Crippen MR) is 113 cm³/mol. The van der Waals surface area contributed by atoms with Gasteiger partial charge in [0.25, 0.3) is 0 Å². The number of aliphatic hydroxyl groups is 1. The molecule has 1 amide bonds. The Bertz CT molecular complexity index is 1050. The third kappa shape index (κ3) is 5.15. The summed E-state index contributed by atoms with van der Waals surface area (Å²) >= 11 is 0. The monoisotopic (exact) mass is 447 g/mol. The number of sulfonamides is 1. The number of aromatic nitrogens is 1. The Morgan fingerprint density at radius 3 is 2.74 bits per heavy atom. The van der Waals surface area contributed by atoms with Crippen molar-refractivity contribution in [2.75, 3.05) is 17.6 Å². The van der Waals surface area contributed by atoms with E-state index in [-0.39, 0.29) is 31.0 Å². The van der Waals surface area contributed by atoms with Crippen LogP contribution in [0.15, 0.2) is 42.7 Å². The van der Waals surface area contributed by atoms with E-state index in [0.29, 0.717) is 24.4 Å². The first-order valence-corrected chi connectivity index (χ1v) is 11.9. The van der Waals surface area contributed by atoms with Crippen molar-refractivity contribution in [1.29, 1.82) is 0 Å². The van der Waals surface area contributed by atoms with Gasteiger partial charge in [0, 0.05) is 36.1 Å². The number of fused-ring (bicyclic) bond motifs is 3.